The van der Waals surface area contributed by atoms with Gasteiger partial charge < -0.3 is 16.0 Å². The second-order valence-electron chi connectivity index (χ2n) is 9.88. The minimum absolute atomic E-state index is 0.0361. The summed E-state index contributed by atoms with van der Waals surface area (Å²) in [6.07, 6.45) is 9.74. The summed E-state index contributed by atoms with van der Waals surface area (Å²) in [5, 5.41) is 1.07. The molecule has 0 saturated heterocycles. The first-order chi connectivity index (χ1) is 17.9. The van der Waals surface area contributed by atoms with Gasteiger partial charge in [-0.2, -0.15) is 0 Å². The maximum atomic E-state index is 12.9. The largest absolute Gasteiger partial charge is 0.382 e. The Balaban J connectivity index is 1.45. The summed E-state index contributed by atoms with van der Waals surface area (Å²) in [6.45, 7) is 6.32. The highest BCUT2D eigenvalue weighted by atomic mass is 16.2. The van der Waals surface area contributed by atoms with Gasteiger partial charge in [-0.05, 0) is 45.1 Å². The third-order valence-corrected chi connectivity index (χ3v) is 7.02. The number of para-hydroxylation sites is 1. The zero-order valence-corrected chi connectivity index (χ0v) is 22.1. The number of imidazole rings is 2. The van der Waals surface area contributed by atoms with E-state index in [1.54, 1.807) is 0 Å². The van der Waals surface area contributed by atoms with E-state index in [1.165, 1.54) is 0 Å². The van der Waals surface area contributed by atoms with Crippen LogP contribution in [0.3, 0.4) is 0 Å². The molecule has 0 bridgehead atoms. The van der Waals surface area contributed by atoms with Gasteiger partial charge >= 0.3 is 5.69 Å². The predicted octanol–water partition coefficient (Wildman–Crippen LogP) is 4.31. The fourth-order valence-electron chi connectivity index (χ4n) is 5.06. The lowest BCUT2D eigenvalue weighted by molar-refractivity contribution is -0.118. The first-order valence-electron chi connectivity index (χ1n) is 13.5. The molecule has 3 heterocycles. The molecular formula is C28H39N7O2. The van der Waals surface area contributed by atoms with Crippen molar-refractivity contribution in [3.8, 4) is 0 Å². The Labute approximate surface area is 217 Å². The molecule has 0 aliphatic carbocycles. The van der Waals surface area contributed by atoms with Gasteiger partial charge in [0.1, 0.15) is 11.3 Å². The number of unbranched alkanes of at least 4 members (excludes halogenated alkanes) is 4. The molecule has 0 unspecified atom stereocenters. The topological polar surface area (TPSA) is 127 Å². The maximum Gasteiger partial charge on any atom is 0.328 e. The number of benzene rings is 1. The van der Waals surface area contributed by atoms with Gasteiger partial charge in [0.25, 0.3) is 0 Å². The minimum Gasteiger partial charge on any atom is -0.382 e. The summed E-state index contributed by atoms with van der Waals surface area (Å²) in [6, 6.07) is 8.09. The highest BCUT2D eigenvalue weighted by Gasteiger charge is 2.17. The number of pyridine rings is 1. The smallest absolute Gasteiger partial charge is 0.328 e. The van der Waals surface area contributed by atoms with Gasteiger partial charge in [-0.25, -0.2) is 14.8 Å². The van der Waals surface area contributed by atoms with Crippen molar-refractivity contribution in [2.75, 3.05) is 5.73 Å². The fourth-order valence-corrected chi connectivity index (χ4v) is 5.06. The first-order valence-corrected chi connectivity index (χ1v) is 13.5. The Kier molecular flexibility index (Phi) is 8.63. The number of hydrogen-bond donors (Lipinski definition) is 2. The average Bonchev–Trinajstić information content (AvgIpc) is 3.37. The van der Waals surface area contributed by atoms with Crippen molar-refractivity contribution >= 4 is 33.7 Å². The number of nitrogens with zero attached hydrogens (tertiary/aromatic N) is 5. The summed E-state index contributed by atoms with van der Waals surface area (Å²) >= 11 is 0. The summed E-state index contributed by atoms with van der Waals surface area (Å²) in [7, 11) is 0. The lowest BCUT2D eigenvalue weighted by Crippen LogP contribution is -2.25. The Morgan fingerprint density at radius 2 is 1.68 bits per heavy atom. The molecule has 0 atom stereocenters. The number of anilines is 1. The molecule has 1 aromatic carbocycles. The van der Waals surface area contributed by atoms with E-state index in [1.807, 2.05) is 40.5 Å². The van der Waals surface area contributed by atoms with Crippen LogP contribution in [-0.4, -0.2) is 29.6 Å². The zero-order chi connectivity index (χ0) is 26.4. The van der Waals surface area contributed by atoms with E-state index in [4.69, 9.17) is 16.5 Å². The molecule has 1 amide bonds. The number of nitrogen functional groups attached to an aromatic ring is 1. The second-order valence-corrected chi connectivity index (χ2v) is 9.88. The van der Waals surface area contributed by atoms with Crippen molar-refractivity contribution in [1.82, 2.24) is 23.7 Å². The molecule has 0 spiro atoms. The average molecular weight is 506 g/mol. The number of aromatic nitrogens is 5. The molecule has 9 nitrogen and oxygen atoms in total. The molecule has 9 heteroatoms. The molecular weight excluding hydrogens is 466 g/mol. The van der Waals surface area contributed by atoms with Gasteiger partial charge in [-0.1, -0.05) is 38.0 Å². The highest BCUT2D eigenvalue weighted by Crippen LogP contribution is 2.29. The number of primary amides is 1. The summed E-state index contributed by atoms with van der Waals surface area (Å²) in [4.78, 5) is 33.3. The van der Waals surface area contributed by atoms with E-state index in [2.05, 4.69) is 22.5 Å². The quantitative estimate of drug-likeness (QED) is 0.247. The normalized spacial score (nSPS) is 11.6. The van der Waals surface area contributed by atoms with Crippen LogP contribution in [0, 0.1) is 6.92 Å². The number of nitrogens with two attached hydrogens (primary N) is 2. The van der Waals surface area contributed by atoms with Crippen LogP contribution < -0.4 is 17.2 Å². The monoisotopic (exact) mass is 505 g/mol. The standard InChI is InChI=1S/C28H39N7O2/c1-3-4-15-24-32-25-26(21-12-7-8-13-22(21)31-27(25)30)35(24)18-11-10-16-33-19-20(2)34(28(33)37)17-9-5-6-14-23(29)36/h7-8,12-13,19H,3-6,9-11,14-18H2,1-2H3,(H2,29,36)(H2,30,31). The highest BCUT2D eigenvalue weighted by molar-refractivity contribution is 6.06. The van der Waals surface area contributed by atoms with Crippen LogP contribution in [0.4, 0.5) is 5.82 Å². The van der Waals surface area contributed by atoms with E-state index >= 15 is 0 Å². The van der Waals surface area contributed by atoms with Crippen LogP contribution in [0.2, 0.25) is 0 Å². The van der Waals surface area contributed by atoms with E-state index in [0.29, 0.717) is 25.3 Å². The van der Waals surface area contributed by atoms with E-state index in [0.717, 1.165) is 91.4 Å². The summed E-state index contributed by atoms with van der Waals surface area (Å²) < 4.78 is 5.97. The first kappa shape index (κ1) is 26.4. The van der Waals surface area contributed by atoms with Crippen molar-refractivity contribution < 1.29 is 4.79 Å². The molecule has 0 aliphatic rings. The van der Waals surface area contributed by atoms with E-state index < -0.39 is 0 Å². The number of carbonyl (C=O) groups excluding carboxylic acids is 1. The van der Waals surface area contributed by atoms with Gasteiger partial charge in [0.2, 0.25) is 5.91 Å². The number of aryl methyl sites for hydroxylation is 4. The maximum absolute atomic E-state index is 12.9. The van der Waals surface area contributed by atoms with Crippen LogP contribution in [0.1, 0.15) is 69.8 Å². The van der Waals surface area contributed by atoms with Crippen molar-refractivity contribution in [2.45, 2.75) is 91.3 Å². The third kappa shape index (κ3) is 6.03. The van der Waals surface area contributed by atoms with Crippen molar-refractivity contribution in [1.29, 1.82) is 0 Å². The Morgan fingerprint density at radius 1 is 0.946 bits per heavy atom. The number of carbonyl (C=O) groups is 1. The second kappa shape index (κ2) is 12.1. The Morgan fingerprint density at radius 3 is 2.46 bits per heavy atom. The molecule has 0 radical (unpaired) electrons. The summed E-state index contributed by atoms with van der Waals surface area (Å²) in [5.41, 5.74) is 15.2. The van der Waals surface area contributed by atoms with Gasteiger partial charge in [0.05, 0.1) is 11.0 Å². The fraction of sp³-hybridized carbons (Fsp3) is 0.500. The van der Waals surface area contributed by atoms with Gasteiger partial charge in [0, 0.05) is 49.8 Å². The van der Waals surface area contributed by atoms with Crippen molar-refractivity contribution in [3.05, 3.63) is 52.5 Å². The van der Waals surface area contributed by atoms with E-state index in [9.17, 15) is 9.59 Å². The number of fused-ring (bicyclic) bond motifs is 3. The minimum atomic E-state index is -0.269. The lowest BCUT2D eigenvalue weighted by atomic mass is 10.2. The van der Waals surface area contributed by atoms with Crippen LogP contribution in [0.15, 0.2) is 35.3 Å². The van der Waals surface area contributed by atoms with E-state index in [-0.39, 0.29) is 11.6 Å². The molecule has 0 saturated carbocycles. The molecule has 3 aromatic heterocycles. The molecule has 37 heavy (non-hydrogen) atoms. The number of amides is 1. The van der Waals surface area contributed by atoms with Gasteiger partial charge in [-0.3, -0.25) is 13.9 Å². The summed E-state index contributed by atoms with van der Waals surface area (Å²) in [5.74, 6) is 1.26. The van der Waals surface area contributed by atoms with Crippen LogP contribution >= 0.6 is 0 Å². The molecule has 4 rings (SSSR count). The van der Waals surface area contributed by atoms with Crippen LogP contribution in [0.25, 0.3) is 21.9 Å². The molecule has 4 N–H and O–H groups in total. The lowest BCUT2D eigenvalue weighted by Gasteiger charge is -2.11. The third-order valence-electron chi connectivity index (χ3n) is 7.02. The Bertz CT molecular complexity index is 1430. The van der Waals surface area contributed by atoms with Crippen molar-refractivity contribution in [3.63, 3.8) is 0 Å². The number of rotatable bonds is 14. The Hall–Kier alpha value is -3.62. The van der Waals surface area contributed by atoms with Gasteiger partial charge in [-0.15, -0.1) is 0 Å². The molecule has 4 aromatic rings. The molecule has 0 fully saturated rings. The SMILES string of the molecule is CCCCc1nc2c(N)nc3ccccc3c2n1CCCCn1cc(C)n(CCCCCC(N)=O)c1=O. The predicted molar refractivity (Wildman–Crippen MR) is 148 cm³/mol. The van der Waals surface area contributed by atoms with Crippen LogP contribution in [0.5, 0.6) is 0 Å². The number of hydrogen-bond acceptors (Lipinski definition) is 5. The van der Waals surface area contributed by atoms with Gasteiger partial charge in [0.15, 0.2) is 5.82 Å². The van der Waals surface area contributed by atoms with Crippen molar-refractivity contribution in [2.24, 2.45) is 5.73 Å². The molecule has 0 aliphatic heterocycles. The van der Waals surface area contributed by atoms with Crippen LogP contribution in [-0.2, 0) is 30.8 Å². The zero-order valence-electron chi connectivity index (χ0n) is 22.1. The molecule has 198 valence electrons.